The monoisotopic (exact) mass is 308 g/mol. The maximum Gasteiger partial charge on any atom is 0.322 e. The van der Waals surface area contributed by atoms with Crippen LogP contribution in [0.15, 0.2) is 54.6 Å². The maximum atomic E-state index is 12.7. The van der Waals surface area contributed by atoms with Crippen LogP contribution in [0, 0.1) is 0 Å². The highest BCUT2D eigenvalue weighted by Gasteiger charge is 2.32. The van der Waals surface area contributed by atoms with Crippen molar-refractivity contribution in [3.63, 3.8) is 0 Å². The standard InChI is InChI=1S/C20H24N2O/c1-15(20(2,3)17-10-5-4-6-11-17)21-19(23)22-14-13-16-9-7-8-12-18(16)22/h4-12,15H,13-14H2,1-3H3,(H,21,23). The van der Waals surface area contributed by atoms with E-state index in [1.807, 2.05) is 41.3 Å². The third-order valence-electron chi connectivity index (χ3n) is 5.07. The van der Waals surface area contributed by atoms with Gasteiger partial charge in [0.05, 0.1) is 0 Å². The Labute approximate surface area is 138 Å². The highest BCUT2D eigenvalue weighted by atomic mass is 16.2. The number of carbonyl (C=O) groups excluding carboxylic acids is 1. The average molecular weight is 308 g/mol. The Morgan fingerprint density at radius 2 is 1.74 bits per heavy atom. The van der Waals surface area contributed by atoms with Crippen molar-refractivity contribution >= 4 is 11.7 Å². The first-order valence-electron chi connectivity index (χ1n) is 8.21. The van der Waals surface area contributed by atoms with Gasteiger partial charge in [-0.3, -0.25) is 4.90 Å². The normalized spacial score (nSPS) is 15.2. The topological polar surface area (TPSA) is 32.3 Å². The third-order valence-corrected chi connectivity index (χ3v) is 5.07. The summed E-state index contributed by atoms with van der Waals surface area (Å²) in [6.45, 7) is 7.17. The molecule has 1 N–H and O–H groups in total. The van der Waals surface area contributed by atoms with Gasteiger partial charge in [0, 0.05) is 23.7 Å². The number of anilines is 1. The van der Waals surface area contributed by atoms with E-state index in [0.29, 0.717) is 0 Å². The van der Waals surface area contributed by atoms with Crippen molar-refractivity contribution in [1.82, 2.24) is 5.32 Å². The predicted molar refractivity (Wildman–Crippen MR) is 95.0 cm³/mol. The molecule has 23 heavy (non-hydrogen) atoms. The highest BCUT2D eigenvalue weighted by molar-refractivity contribution is 5.94. The van der Waals surface area contributed by atoms with Gasteiger partial charge in [0.1, 0.15) is 0 Å². The van der Waals surface area contributed by atoms with Gasteiger partial charge in [0.2, 0.25) is 0 Å². The van der Waals surface area contributed by atoms with E-state index in [1.165, 1.54) is 11.1 Å². The van der Waals surface area contributed by atoms with Crippen molar-refractivity contribution in [2.75, 3.05) is 11.4 Å². The van der Waals surface area contributed by atoms with Crippen LogP contribution in [0.5, 0.6) is 0 Å². The summed E-state index contributed by atoms with van der Waals surface area (Å²) in [5.74, 6) is 0. The first-order chi connectivity index (χ1) is 11.0. The average Bonchev–Trinajstić information content (AvgIpc) is 2.99. The Morgan fingerprint density at radius 1 is 1.09 bits per heavy atom. The fourth-order valence-corrected chi connectivity index (χ4v) is 3.11. The molecular formula is C20H24N2O. The molecule has 2 aromatic carbocycles. The number of benzene rings is 2. The van der Waals surface area contributed by atoms with Crippen LogP contribution in [-0.2, 0) is 11.8 Å². The quantitative estimate of drug-likeness (QED) is 0.908. The molecule has 3 rings (SSSR count). The third kappa shape index (κ3) is 2.96. The van der Waals surface area contributed by atoms with Gasteiger partial charge in [-0.2, -0.15) is 0 Å². The van der Waals surface area contributed by atoms with Crippen LogP contribution in [0.25, 0.3) is 0 Å². The summed E-state index contributed by atoms with van der Waals surface area (Å²) >= 11 is 0. The number of nitrogens with one attached hydrogen (secondary N) is 1. The van der Waals surface area contributed by atoms with Crippen molar-refractivity contribution in [2.45, 2.75) is 38.6 Å². The summed E-state index contributed by atoms with van der Waals surface area (Å²) in [5.41, 5.74) is 3.39. The second-order valence-electron chi connectivity index (χ2n) is 6.79. The van der Waals surface area contributed by atoms with E-state index in [9.17, 15) is 4.79 Å². The van der Waals surface area contributed by atoms with Gasteiger partial charge < -0.3 is 5.32 Å². The molecule has 0 fully saturated rings. The summed E-state index contributed by atoms with van der Waals surface area (Å²) < 4.78 is 0. The first-order valence-corrected chi connectivity index (χ1v) is 8.21. The Hall–Kier alpha value is -2.29. The summed E-state index contributed by atoms with van der Waals surface area (Å²) in [5, 5.41) is 3.19. The number of amides is 2. The SMILES string of the molecule is CC(NC(=O)N1CCc2ccccc21)C(C)(C)c1ccccc1. The number of hydrogen-bond acceptors (Lipinski definition) is 1. The van der Waals surface area contributed by atoms with Crippen molar-refractivity contribution in [2.24, 2.45) is 0 Å². The molecule has 120 valence electrons. The van der Waals surface area contributed by atoms with E-state index in [2.05, 4.69) is 44.3 Å². The molecule has 2 aromatic rings. The molecule has 1 heterocycles. The van der Waals surface area contributed by atoms with Crippen molar-refractivity contribution in [3.8, 4) is 0 Å². The predicted octanol–water partition coefficient (Wildman–Crippen LogP) is 4.13. The second-order valence-corrected chi connectivity index (χ2v) is 6.79. The molecule has 1 atom stereocenters. The lowest BCUT2D eigenvalue weighted by molar-refractivity contribution is 0.237. The molecule has 0 aliphatic carbocycles. The number of urea groups is 1. The van der Waals surface area contributed by atoms with Gasteiger partial charge in [0.15, 0.2) is 0 Å². The second kappa shape index (κ2) is 6.07. The largest absolute Gasteiger partial charge is 0.334 e. The van der Waals surface area contributed by atoms with Gasteiger partial charge in [-0.25, -0.2) is 4.79 Å². The van der Waals surface area contributed by atoms with Crippen molar-refractivity contribution in [1.29, 1.82) is 0 Å². The number of rotatable bonds is 3. The van der Waals surface area contributed by atoms with Gasteiger partial charge >= 0.3 is 6.03 Å². The van der Waals surface area contributed by atoms with E-state index in [-0.39, 0.29) is 17.5 Å². The van der Waals surface area contributed by atoms with Gasteiger partial charge in [-0.1, -0.05) is 62.4 Å². The molecule has 2 amide bonds. The molecule has 0 radical (unpaired) electrons. The molecule has 1 unspecified atom stereocenters. The van der Waals surface area contributed by atoms with E-state index < -0.39 is 0 Å². The van der Waals surface area contributed by atoms with E-state index in [4.69, 9.17) is 0 Å². The van der Waals surface area contributed by atoms with Crippen LogP contribution in [0.2, 0.25) is 0 Å². The lowest BCUT2D eigenvalue weighted by atomic mass is 9.78. The molecule has 3 nitrogen and oxygen atoms in total. The number of carbonyl (C=O) groups is 1. The zero-order valence-corrected chi connectivity index (χ0v) is 14.0. The molecule has 0 spiro atoms. The van der Waals surface area contributed by atoms with Crippen LogP contribution in [0.3, 0.4) is 0 Å². The molecule has 3 heteroatoms. The summed E-state index contributed by atoms with van der Waals surface area (Å²) in [6.07, 6.45) is 0.931. The molecule has 1 aliphatic rings. The van der Waals surface area contributed by atoms with Gasteiger partial charge in [0.25, 0.3) is 0 Å². The minimum Gasteiger partial charge on any atom is -0.334 e. The molecular weight excluding hydrogens is 284 g/mol. The Kier molecular flexibility index (Phi) is 4.12. The van der Waals surface area contributed by atoms with Crippen LogP contribution < -0.4 is 10.2 Å². The van der Waals surface area contributed by atoms with Crippen LogP contribution in [0.1, 0.15) is 31.9 Å². The molecule has 0 saturated carbocycles. The smallest absolute Gasteiger partial charge is 0.322 e. The lowest BCUT2D eigenvalue weighted by Crippen LogP contribution is -2.50. The van der Waals surface area contributed by atoms with E-state index >= 15 is 0 Å². The van der Waals surface area contributed by atoms with Crippen LogP contribution >= 0.6 is 0 Å². The summed E-state index contributed by atoms with van der Waals surface area (Å²) in [7, 11) is 0. The fraction of sp³-hybridized carbons (Fsp3) is 0.350. The van der Waals surface area contributed by atoms with Crippen molar-refractivity contribution in [3.05, 3.63) is 65.7 Å². The minimum absolute atomic E-state index is 0.00791. The molecule has 0 bridgehead atoms. The van der Waals surface area contributed by atoms with Crippen LogP contribution in [-0.4, -0.2) is 18.6 Å². The van der Waals surface area contributed by atoms with E-state index in [0.717, 1.165) is 18.7 Å². The zero-order valence-electron chi connectivity index (χ0n) is 14.0. The number of nitrogens with zero attached hydrogens (tertiary/aromatic N) is 1. The zero-order chi connectivity index (χ0) is 16.4. The van der Waals surface area contributed by atoms with Gasteiger partial charge in [-0.05, 0) is 30.5 Å². The summed E-state index contributed by atoms with van der Waals surface area (Å²) in [6, 6.07) is 18.5. The number of para-hydroxylation sites is 1. The number of fused-ring (bicyclic) bond motifs is 1. The Balaban J connectivity index is 1.73. The van der Waals surface area contributed by atoms with Crippen LogP contribution in [0.4, 0.5) is 10.5 Å². The lowest BCUT2D eigenvalue weighted by Gasteiger charge is -2.34. The fourth-order valence-electron chi connectivity index (χ4n) is 3.11. The van der Waals surface area contributed by atoms with E-state index in [1.54, 1.807) is 0 Å². The Morgan fingerprint density at radius 3 is 2.48 bits per heavy atom. The summed E-state index contributed by atoms with van der Waals surface area (Å²) in [4.78, 5) is 14.6. The highest BCUT2D eigenvalue weighted by Crippen LogP contribution is 2.29. The van der Waals surface area contributed by atoms with Gasteiger partial charge in [-0.15, -0.1) is 0 Å². The molecule has 0 saturated heterocycles. The Bertz CT molecular complexity index is 694. The molecule has 0 aromatic heterocycles. The molecule has 1 aliphatic heterocycles. The minimum atomic E-state index is -0.129. The maximum absolute atomic E-state index is 12.7. The number of hydrogen-bond donors (Lipinski definition) is 1. The van der Waals surface area contributed by atoms with Crippen molar-refractivity contribution < 1.29 is 4.79 Å². The first kappa shape index (κ1) is 15.6.